The number of para-hydroxylation sites is 1. The highest BCUT2D eigenvalue weighted by Gasteiger charge is 2.14. The summed E-state index contributed by atoms with van der Waals surface area (Å²) in [6, 6.07) is 14.8. The van der Waals surface area contributed by atoms with Gasteiger partial charge in [-0.1, -0.05) is 30.3 Å². The molecule has 5 nitrogen and oxygen atoms in total. The first-order valence-electron chi connectivity index (χ1n) is 9.59. The average molecular weight is 386 g/mol. The minimum atomic E-state index is -0.606. The number of carbonyl (C=O) groups is 1. The van der Waals surface area contributed by atoms with Gasteiger partial charge < -0.3 is 19.9 Å². The Bertz CT molecular complexity index is 767. The minimum Gasteiger partial charge on any atom is -0.497 e. The molecule has 0 saturated carbocycles. The van der Waals surface area contributed by atoms with Gasteiger partial charge in [0.25, 0.3) is 0 Å². The first-order valence-corrected chi connectivity index (χ1v) is 9.59. The summed E-state index contributed by atoms with van der Waals surface area (Å²) in [5.74, 6) is 1.44. The van der Waals surface area contributed by atoms with E-state index in [1.807, 2.05) is 36.4 Å². The summed E-state index contributed by atoms with van der Waals surface area (Å²) in [6.45, 7) is 6.81. The highest BCUT2D eigenvalue weighted by molar-refractivity contribution is 5.96. The molecule has 2 rings (SSSR count). The molecule has 0 saturated heterocycles. The van der Waals surface area contributed by atoms with Crippen LogP contribution in [0, 0.1) is 0 Å². The largest absolute Gasteiger partial charge is 0.497 e. The van der Waals surface area contributed by atoms with Crippen LogP contribution in [0.25, 0.3) is 0 Å². The lowest BCUT2D eigenvalue weighted by atomic mass is 10.0. The second-order valence-electron chi connectivity index (χ2n) is 7.86. The Morgan fingerprint density at radius 3 is 2.61 bits per heavy atom. The van der Waals surface area contributed by atoms with Crippen molar-refractivity contribution < 1.29 is 19.4 Å². The average Bonchev–Trinajstić information content (AvgIpc) is 2.69. The fraction of sp³-hybridized carbons (Fsp3) is 0.435. The van der Waals surface area contributed by atoms with Crippen LogP contribution < -0.4 is 14.8 Å². The van der Waals surface area contributed by atoms with E-state index in [9.17, 15) is 9.90 Å². The third-order valence-corrected chi connectivity index (χ3v) is 4.28. The topological polar surface area (TPSA) is 67.8 Å². The Balaban J connectivity index is 1.91. The number of hydrogen-bond acceptors (Lipinski definition) is 5. The van der Waals surface area contributed by atoms with Crippen molar-refractivity contribution in [3.8, 4) is 11.5 Å². The Labute approximate surface area is 167 Å². The maximum atomic E-state index is 12.5. The molecule has 0 aliphatic carbocycles. The molecule has 2 N–H and O–H groups in total. The van der Waals surface area contributed by atoms with Crippen LogP contribution in [-0.2, 0) is 6.42 Å². The zero-order valence-corrected chi connectivity index (χ0v) is 17.2. The Morgan fingerprint density at radius 2 is 1.89 bits per heavy atom. The van der Waals surface area contributed by atoms with Crippen molar-refractivity contribution in [2.75, 3.05) is 20.3 Å². The van der Waals surface area contributed by atoms with E-state index in [0.29, 0.717) is 36.4 Å². The predicted octanol–water partition coefficient (Wildman–Crippen LogP) is 3.64. The summed E-state index contributed by atoms with van der Waals surface area (Å²) >= 11 is 0. The SMILES string of the molecule is COc1cccc(C(=O)CCc2ccccc2OCC(O)CNC(C)(C)C)c1. The summed E-state index contributed by atoms with van der Waals surface area (Å²) in [4.78, 5) is 12.5. The predicted molar refractivity (Wildman–Crippen MR) is 111 cm³/mol. The number of aryl methyl sites for hydroxylation is 1. The van der Waals surface area contributed by atoms with Crippen molar-refractivity contribution in [3.63, 3.8) is 0 Å². The number of Topliss-reactive ketones (excluding diaryl/α,β-unsaturated/α-hetero) is 1. The van der Waals surface area contributed by atoms with Gasteiger partial charge in [-0.25, -0.2) is 0 Å². The monoisotopic (exact) mass is 385 g/mol. The summed E-state index contributed by atoms with van der Waals surface area (Å²) in [6.07, 6.45) is 0.343. The number of aliphatic hydroxyl groups is 1. The fourth-order valence-corrected chi connectivity index (χ4v) is 2.71. The maximum Gasteiger partial charge on any atom is 0.163 e. The molecule has 0 spiro atoms. The molecule has 0 heterocycles. The van der Waals surface area contributed by atoms with E-state index in [0.717, 1.165) is 5.56 Å². The quantitative estimate of drug-likeness (QED) is 0.611. The number of aliphatic hydroxyl groups excluding tert-OH is 1. The van der Waals surface area contributed by atoms with Crippen LogP contribution in [0.1, 0.15) is 43.1 Å². The van der Waals surface area contributed by atoms with E-state index in [-0.39, 0.29) is 17.9 Å². The number of rotatable bonds is 10. The molecule has 0 aliphatic rings. The molecule has 0 radical (unpaired) electrons. The van der Waals surface area contributed by atoms with Gasteiger partial charge >= 0.3 is 0 Å². The number of benzene rings is 2. The van der Waals surface area contributed by atoms with Gasteiger partial charge in [0, 0.05) is 24.1 Å². The van der Waals surface area contributed by atoms with Crippen molar-refractivity contribution in [1.82, 2.24) is 5.32 Å². The standard InChI is InChI=1S/C23H31NO4/c1-23(2,3)24-15-19(25)16-28-22-11-6-5-8-17(22)12-13-21(26)18-9-7-10-20(14-18)27-4/h5-11,14,19,24-25H,12-13,15-16H2,1-4H3. The molecule has 152 valence electrons. The zero-order chi connectivity index (χ0) is 20.6. The lowest BCUT2D eigenvalue weighted by molar-refractivity contribution is 0.0972. The lowest BCUT2D eigenvalue weighted by Crippen LogP contribution is -2.42. The highest BCUT2D eigenvalue weighted by atomic mass is 16.5. The maximum absolute atomic E-state index is 12.5. The molecule has 0 fully saturated rings. The second kappa shape index (κ2) is 10.2. The number of nitrogens with one attached hydrogen (secondary N) is 1. The lowest BCUT2D eigenvalue weighted by Gasteiger charge is -2.23. The molecule has 0 aliphatic heterocycles. The summed E-state index contributed by atoms with van der Waals surface area (Å²) in [5.41, 5.74) is 1.54. The molecule has 5 heteroatoms. The molecule has 1 unspecified atom stereocenters. The number of methoxy groups -OCH3 is 1. The van der Waals surface area contributed by atoms with E-state index in [1.54, 1.807) is 19.2 Å². The van der Waals surface area contributed by atoms with Crippen molar-refractivity contribution in [2.45, 2.75) is 45.3 Å². The molecule has 0 bridgehead atoms. The van der Waals surface area contributed by atoms with E-state index in [1.165, 1.54) is 0 Å². The number of ketones is 1. The first-order chi connectivity index (χ1) is 13.3. The van der Waals surface area contributed by atoms with Crippen molar-refractivity contribution in [3.05, 3.63) is 59.7 Å². The van der Waals surface area contributed by atoms with Gasteiger partial charge in [0.05, 0.1) is 7.11 Å². The van der Waals surface area contributed by atoms with Crippen LogP contribution in [0.3, 0.4) is 0 Å². The number of ether oxygens (including phenoxy) is 2. The summed E-state index contributed by atoms with van der Waals surface area (Å²) < 4.78 is 11.0. The van der Waals surface area contributed by atoms with E-state index < -0.39 is 6.10 Å². The van der Waals surface area contributed by atoms with E-state index >= 15 is 0 Å². The van der Waals surface area contributed by atoms with Gasteiger partial charge in [0.1, 0.15) is 24.2 Å². The normalized spacial score (nSPS) is 12.5. The van der Waals surface area contributed by atoms with Gasteiger partial charge in [0.2, 0.25) is 0 Å². The summed E-state index contributed by atoms with van der Waals surface area (Å²) in [7, 11) is 1.59. The van der Waals surface area contributed by atoms with Crippen LogP contribution in [0.5, 0.6) is 11.5 Å². The van der Waals surface area contributed by atoms with Crippen LogP contribution in [0.15, 0.2) is 48.5 Å². The van der Waals surface area contributed by atoms with Crippen molar-refractivity contribution in [1.29, 1.82) is 0 Å². The zero-order valence-electron chi connectivity index (χ0n) is 17.2. The third-order valence-electron chi connectivity index (χ3n) is 4.28. The molecule has 0 amide bonds. The third kappa shape index (κ3) is 7.33. The molecule has 28 heavy (non-hydrogen) atoms. The Morgan fingerprint density at radius 1 is 1.14 bits per heavy atom. The number of hydrogen-bond donors (Lipinski definition) is 2. The van der Waals surface area contributed by atoms with Crippen molar-refractivity contribution >= 4 is 5.78 Å². The van der Waals surface area contributed by atoms with Gasteiger partial charge in [0.15, 0.2) is 5.78 Å². The van der Waals surface area contributed by atoms with E-state index in [2.05, 4.69) is 26.1 Å². The summed E-state index contributed by atoms with van der Waals surface area (Å²) in [5, 5.41) is 13.4. The number of β-amino-alcohol motifs (C(OH)–C–C–N with tert-alkyl or cyclic N) is 1. The first kappa shape index (κ1) is 21.9. The van der Waals surface area contributed by atoms with Gasteiger partial charge in [-0.05, 0) is 51.0 Å². The van der Waals surface area contributed by atoms with Gasteiger partial charge in [-0.15, -0.1) is 0 Å². The van der Waals surface area contributed by atoms with Gasteiger partial charge in [-0.2, -0.15) is 0 Å². The Hall–Kier alpha value is -2.37. The smallest absolute Gasteiger partial charge is 0.163 e. The Kier molecular flexibility index (Phi) is 8.03. The molecule has 1 atom stereocenters. The molecule has 0 aromatic heterocycles. The number of carbonyl (C=O) groups excluding carboxylic acids is 1. The van der Waals surface area contributed by atoms with Gasteiger partial charge in [-0.3, -0.25) is 4.79 Å². The molecule has 2 aromatic carbocycles. The minimum absolute atomic E-state index is 0.0562. The van der Waals surface area contributed by atoms with Crippen LogP contribution in [-0.4, -0.2) is 42.8 Å². The van der Waals surface area contributed by atoms with Crippen molar-refractivity contribution in [2.24, 2.45) is 0 Å². The van der Waals surface area contributed by atoms with Crippen LogP contribution in [0.2, 0.25) is 0 Å². The second-order valence-corrected chi connectivity index (χ2v) is 7.86. The van der Waals surface area contributed by atoms with E-state index in [4.69, 9.17) is 9.47 Å². The molecular weight excluding hydrogens is 354 g/mol. The van der Waals surface area contributed by atoms with Crippen LogP contribution in [0.4, 0.5) is 0 Å². The fourth-order valence-electron chi connectivity index (χ4n) is 2.71. The highest BCUT2D eigenvalue weighted by Crippen LogP contribution is 2.21. The van der Waals surface area contributed by atoms with Crippen LogP contribution >= 0.6 is 0 Å². The molecule has 2 aromatic rings. The molecular formula is C23H31NO4.